The Labute approximate surface area is 153 Å². The summed E-state index contributed by atoms with van der Waals surface area (Å²) < 4.78 is 13.4. The molecule has 1 saturated carbocycles. The molecule has 1 aliphatic carbocycles. The van der Waals surface area contributed by atoms with Gasteiger partial charge in [0, 0.05) is 19.0 Å². The Balaban J connectivity index is 1.60. The van der Waals surface area contributed by atoms with Crippen LogP contribution in [-0.2, 0) is 9.59 Å². The van der Waals surface area contributed by atoms with Gasteiger partial charge in [0.1, 0.15) is 5.82 Å². The number of aliphatic hydroxyl groups excluding tert-OH is 1. The zero-order chi connectivity index (χ0) is 18.7. The zero-order valence-corrected chi connectivity index (χ0v) is 15.2. The van der Waals surface area contributed by atoms with Crippen molar-refractivity contribution < 1.29 is 19.1 Å². The highest BCUT2D eigenvalue weighted by atomic mass is 19.1. The number of nitrogens with zero attached hydrogens (tertiary/aromatic N) is 1. The number of hydrogen-bond donors (Lipinski definition) is 2. The van der Waals surface area contributed by atoms with Crippen molar-refractivity contribution >= 4 is 11.8 Å². The Bertz CT molecular complexity index is 658. The number of nitrogens with one attached hydrogen (secondary N) is 1. The molecule has 0 aromatic heterocycles. The van der Waals surface area contributed by atoms with Crippen molar-refractivity contribution in [1.82, 2.24) is 10.2 Å². The van der Waals surface area contributed by atoms with Crippen LogP contribution >= 0.6 is 0 Å². The number of rotatable bonds is 5. The van der Waals surface area contributed by atoms with Crippen molar-refractivity contribution in [3.63, 3.8) is 0 Å². The summed E-state index contributed by atoms with van der Waals surface area (Å²) in [7, 11) is 0. The van der Waals surface area contributed by atoms with E-state index < -0.39 is 17.8 Å². The molecular weight excluding hydrogens is 335 g/mol. The summed E-state index contributed by atoms with van der Waals surface area (Å²) in [5.41, 5.74) is 0.517. The van der Waals surface area contributed by atoms with Crippen LogP contribution in [0.15, 0.2) is 24.3 Å². The summed E-state index contributed by atoms with van der Waals surface area (Å²) in [6.45, 7) is 2.35. The third kappa shape index (κ3) is 4.23. The van der Waals surface area contributed by atoms with E-state index in [0.717, 1.165) is 25.7 Å². The summed E-state index contributed by atoms with van der Waals surface area (Å²) in [6, 6.07) is 5.41. The first-order chi connectivity index (χ1) is 12.5. The highest BCUT2D eigenvalue weighted by molar-refractivity contribution is 5.89. The monoisotopic (exact) mass is 362 g/mol. The van der Waals surface area contributed by atoms with Crippen LogP contribution in [0.3, 0.4) is 0 Å². The van der Waals surface area contributed by atoms with Crippen molar-refractivity contribution in [1.29, 1.82) is 0 Å². The Kier molecular flexibility index (Phi) is 5.91. The minimum atomic E-state index is -0.669. The third-order valence-electron chi connectivity index (χ3n) is 5.71. The number of halogens is 1. The fourth-order valence-electron chi connectivity index (χ4n) is 4.06. The van der Waals surface area contributed by atoms with E-state index in [1.807, 2.05) is 4.90 Å². The second-order valence-corrected chi connectivity index (χ2v) is 7.66. The lowest BCUT2D eigenvalue weighted by Gasteiger charge is -2.33. The van der Waals surface area contributed by atoms with Gasteiger partial charge >= 0.3 is 0 Å². The van der Waals surface area contributed by atoms with E-state index in [9.17, 15) is 19.1 Å². The highest BCUT2D eigenvalue weighted by Gasteiger charge is 2.39. The van der Waals surface area contributed by atoms with Gasteiger partial charge in [0.05, 0.1) is 18.6 Å². The standard InChI is InChI=1S/C20H27FN2O3/c1-13-5-7-17(8-6-13)23-11-15(10-19(23)25)20(26)22-18(12-24)14-3-2-4-16(21)9-14/h2-4,9,13,15,17-18,24H,5-8,10-12H2,1H3,(H,22,26). The number of carbonyl (C=O) groups is 2. The molecule has 1 heterocycles. The van der Waals surface area contributed by atoms with Gasteiger partial charge in [0.2, 0.25) is 11.8 Å². The van der Waals surface area contributed by atoms with Gasteiger partial charge in [-0.3, -0.25) is 9.59 Å². The van der Waals surface area contributed by atoms with Crippen LogP contribution in [0.4, 0.5) is 4.39 Å². The molecule has 6 heteroatoms. The van der Waals surface area contributed by atoms with Crippen molar-refractivity contribution in [2.75, 3.05) is 13.2 Å². The predicted octanol–water partition coefficient (Wildman–Crippen LogP) is 2.40. The molecular formula is C20H27FN2O3. The maximum absolute atomic E-state index is 13.4. The lowest BCUT2D eigenvalue weighted by Crippen LogP contribution is -2.41. The molecule has 0 spiro atoms. The van der Waals surface area contributed by atoms with Crippen molar-refractivity contribution in [2.24, 2.45) is 11.8 Å². The first-order valence-corrected chi connectivity index (χ1v) is 9.44. The lowest BCUT2D eigenvalue weighted by molar-refractivity contribution is -0.131. The highest BCUT2D eigenvalue weighted by Crippen LogP contribution is 2.31. The minimum absolute atomic E-state index is 0.0380. The average molecular weight is 362 g/mol. The van der Waals surface area contributed by atoms with Gasteiger partial charge in [-0.15, -0.1) is 0 Å². The molecule has 0 radical (unpaired) electrons. The van der Waals surface area contributed by atoms with Gasteiger partial charge in [-0.1, -0.05) is 19.1 Å². The third-order valence-corrected chi connectivity index (χ3v) is 5.71. The van der Waals surface area contributed by atoms with Gasteiger partial charge in [-0.2, -0.15) is 0 Å². The molecule has 142 valence electrons. The van der Waals surface area contributed by atoms with Gasteiger partial charge in [-0.05, 0) is 49.3 Å². The maximum atomic E-state index is 13.4. The largest absolute Gasteiger partial charge is 0.394 e. The van der Waals surface area contributed by atoms with E-state index in [-0.39, 0.29) is 30.9 Å². The molecule has 2 aliphatic rings. The van der Waals surface area contributed by atoms with Crippen LogP contribution in [0.5, 0.6) is 0 Å². The molecule has 1 aromatic rings. The second kappa shape index (κ2) is 8.16. The summed E-state index contributed by atoms with van der Waals surface area (Å²) in [5, 5.41) is 12.3. The van der Waals surface area contributed by atoms with Crippen LogP contribution in [0.1, 0.15) is 50.6 Å². The van der Waals surface area contributed by atoms with E-state index in [1.54, 1.807) is 12.1 Å². The van der Waals surface area contributed by atoms with E-state index in [1.165, 1.54) is 12.1 Å². The van der Waals surface area contributed by atoms with Crippen LogP contribution in [-0.4, -0.2) is 41.0 Å². The summed E-state index contributed by atoms with van der Waals surface area (Å²) in [5.74, 6) is -0.336. The Hall–Kier alpha value is -1.95. The van der Waals surface area contributed by atoms with E-state index in [2.05, 4.69) is 12.2 Å². The minimum Gasteiger partial charge on any atom is -0.394 e. The topological polar surface area (TPSA) is 69.6 Å². The first-order valence-electron chi connectivity index (χ1n) is 9.44. The van der Waals surface area contributed by atoms with Gasteiger partial charge in [0.25, 0.3) is 0 Å². The average Bonchev–Trinajstić information content (AvgIpc) is 3.02. The first kappa shape index (κ1) is 18.8. The number of benzene rings is 1. The number of aliphatic hydroxyl groups is 1. The Morgan fingerprint density at radius 3 is 2.73 bits per heavy atom. The maximum Gasteiger partial charge on any atom is 0.225 e. The van der Waals surface area contributed by atoms with Crippen molar-refractivity contribution in [3.05, 3.63) is 35.6 Å². The Morgan fingerprint density at radius 2 is 2.08 bits per heavy atom. The van der Waals surface area contributed by atoms with Crippen LogP contribution in [0.25, 0.3) is 0 Å². The van der Waals surface area contributed by atoms with E-state index in [4.69, 9.17) is 0 Å². The van der Waals surface area contributed by atoms with Gasteiger partial charge < -0.3 is 15.3 Å². The molecule has 2 N–H and O–H groups in total. The molecule has 1 aliphatic heterocycles. The number of amides is 2. The molecule has 3 rings (SSSR count). The summed E-state index contributed by atoms with van der Waals surface area (Å²) in [6.07, 6.45) is 4.46. The van der Waals surface area contributed by atoms with Crippen LogP contribution in [0, 0.1) is 17.7 Å². The molecule has 2 amide bonds. The number of likely N-dealkylation sites (tertiary alicyclic amines) is 1. The fraction of sp³-hybridized carbons (Fsp3) is 0.600. The molecule has 2 atom stereocenters. The van der Waals surface area contributed by atoms with Crippen LogP contribution in [0.2, 0.25) is 0 Å². The van der Waals surface area contributed by atoms with Crippen molar-refractivity contribution in [3.8, 4) is 0 Å². The zero-order valence-electron chi connectivity index (χ0n) is 15.2. The van der Waals surface area contributed by atoms with Crippen molar-refractivity contribution in [2.45, 2.75) is 51.1 Å². The molecule has 1 saturated heterocycles. The molecule has 0 bridgehead atoms. The quantitative estimate of drug-likeness (QED) is 0.845. The number of hydrogen-bond acceptors (Lipinski definition) is 3. The molecule has 5 nitrogen and oxygen atoms in total. The smallest absolute Gasteiger partial charge is 0.225 e. The Morgan fingerprint density at radius 1 is 1.35 bits per heavy atom. The van der Waals surface area contributed by atoms with E-state index in [0.29, 0.717) is 18.0 Å². The molecule has 1 aromatic carbocycles. The molecule has 26 heavy (non-hydrogen) atoms. The SMILES string of the molecule is CC1CCC(N2CC(C(=O)NC(CO)c3cccc(F)c3)CC2=O)CC1. The second-order valence-electron chi connectivity index (χ2n) is 7.66. The predicted molar refractivity (Wildman–Crippen MR) is 95.6 cm³/mol. The summed E-state index contributed by atoms with van der Waals surface area (Å²) in [4.78, 5) is 26.9. The molecule has 2 fully saturated rings. The summed E-state index contributed by atoms with van der Waals surface area (Å²) >= 11 is 0. The fourth-order valence-corrected chi connectivity index (χ4v) is 4.06. The lowest BCUT2D eigenvalue weighted by atomic mass is 9.86. The van der Waals surface area contributed by atoms with Crippen LogP contribution < -0.4 is 5.32 Å². The van der Waals surface area contributed by atoms with Gasteiger partial charge in [0.15, 0.2) is 0 Å². The molecule has 2 unspecified atom stereocenters. The van der Waals surface area contributed by atoms with Gasteiger partial charge in [-0.25, -0.2) is 4.39 Å². The van der Waals surface area contributed by atoms with E-state index >= 15 is 0 Å². The normalized spacial score (nSPS) is 27.4. The number of carbonyl (C=O) groups excluding carboxylic acids is 2.